The van der Waals surface area contributed by atoms with E-state index in [2.05, 4.69) is 10.3 Å². The van der Waals surface area contributed by atoms with Crippen molar-refractivity contribution in [1.82, 2.24) is 25.2 Å². The maximum absolute atomic E-state index is 13.3. The number of aromatic nitrogens is 3. The van der Waals surface area contributed by atoms with Crippen molar-refractivity contribution in [3.63, 3.8) is 0 Å². The van der Waals surface area contributed by atoms with Crippen molar-refractivity contribution in [2.75, 3.05) is 102 Å². The first-order chi connectivity index (χ1) is 42.9. The Morgan fingerprint density at radius 3 is 1.34 bits per heavy atom. The normalized spacial score (nSPS) is 19.3. The molecule has 3 aromatic heterocycles. The molecule has 1 amide bonds. The Bertz CT molecular complexity index is 3430. The van der Waals surface area contributed by atoms with Crippen molar-refractivity contribution < 1.29 is 53.8 Å². The number of aryl methyl sites for hydroxylation is 3. The van der Waals surface area contributed by atoms with E-state index in [1.54, 1.807) is 17.0 Å². The minimum absolute atomic E-state index is 0.0537. The number of fused-ring (bicyclic) bond motifs is 3. The van der Waals surface area contributed by atoms with Gasteiger partial charge in [-0.15, -0.1) is 57.2 Å². The van der Waals surface area contributed by atoms with Gasteiger partial charge in [0.15, 0.2) is 0 Å². The number of anilines is 3. The molecule has 2 saturated heterocycles. The SMILES string of the molecule is CN(C)c1ccc(-c2nc3c(s2)C(O)CCC3)c(C(=O)O)c1.CN(C)c1ccc(-c2nc3c(s2)C(O)CCC3)c(C(=O)OCC2CCCN(C(=O)OC(C)(C)C)C2)c1.CN(C)c1ccc(-c2nc3c(s2)C(O)CCC3)c(C(=O)OCC2CCCNC2)c1.ClCCl. The lowest BCUT2D eigenvalue weighted by atomic mass is 9.99. The maximum Gasteiger partial charge on any atom is 0.410 e. The van der Waals surface area contributed by atoms with Gasteiger partial charge in [0.1, 0.15) is 20.6 Å². The molecule has 5 unspecified atom stereocenters. The summed E-state index contributed by atoms with van der Waals surface area (Å²) in [5.41, 5.74) is 8.29. The number of benzene rings is 3. The molecule has 3 aromatic carbocycles. The number of carboxylic acids is 1. The van der Waals surface area contributed by atoms with Gasteiger partial charge in [-0.3, -0.25) is 0 Å². The number of aliphatic hydroxyl groups is 3. The predicted molar refractivity (Wildman–Crippen MR) is 360 cm³/mol. The molecular formula is C66H86Cl2N8O11S3. The van der Waals surface area contributed by atoms with Crippen molar-refractivity contribution in [3.8, 4) is 31.7 Å². The largest absolute Gasteiger partial charge is 0.478 e. The number of ether oxygens (including phenoxy) is 3. The molecule has 19 nitrogen and oxygen atoms in total. The van der Waals surface area contributed by atoms with Gasteiger partial charge < -0.3 is 59.6 Å². The van der Waals surface area contributed by atoms with Crippen LogP contribution in [0.15, 0.2) is 54.6 Å². The molecule has 488 valence electrons. The second-order valence-corrected chi connectivity index (χ2v) is 28.7. The molecule has 0 spiro atoms. The van der Waals surface area contributed by atoms with E-state index in [4.69, 9.17) is 47.4 Å². The van der Waals surface area contributed by atoms with Gasteiger partial charge in [0.25, 0.3) is 0 Å². The number of hydrogen-bond donors (Lipinski definition) is 5. The number of thiazole rings is 3. The number of halogens is 2. The molecule has 6 aromatic rings. The van der Waals surface area contributed by atoms with Crippen LogP contribution in [0.2, 0.25) is 0 Å². The third-order valence-corrected chi connectivity index (χ3v) is 19.9. The highest BCUT2D eigenvalue weighted by molar-refractivity contribution is 7.16. The lowest BCUT2D eigenvalue weighted by molar-refractivity contribution is 0.00879. The number of aliphatic hydroxyl groups excluding tert-OH is 3. The first-order valence-corrected chi connectivity index (χ1v) is 34.3. The fraction of sp³-hybridized carbons (Fsp3) is 0.530. The smallest absolute Gasteiger partial charge is 0.410 e. The first-order valence-electron chi connectivity index (χ1n) is 30.8. The van der Waals surface area contributed by atoms with Crippen LogP contribution in [-0.4, -0.2) is 157 Å². The van der Waals surface area contributed by atoms with Crippen molar-refractivity contribution in [1.29, 1.82) is 0 Å². The molecule has 5 atom stereocenters. The van der Waals surface area contributed by atoms with E-state index in [0.717, 1.165) is 166 Å². The van der Waals surface area contributed by atoms with E-state index < -0.39 is 35.9 Å². The molecule has 24 heteroatoms. The van der Waals surface area contributed by atoms with Crippen LogP contribution in [-0.2, 0) is 33.5 Å². The van der Waals surface area contributed by atoms with Crippen LogP contribution >= 0.6 is 57.2 Å². The van der Waals surface area contributed by atoms with Gasteiger partial charge in [0, 0.05) is 108 Å². The molecule has 0 bridgehead atoms. The number of likely N-dealkylation sites (tertiary alicyclic amines) is 1. The number of nitrogens with one attached hydrogen (secondary N) is 1. The predicted octanol–water partition coefficient (Wildman–Crippen LogP) is 12.8. The lowest BCUT2D eigenvalue weighted by Gasteiger charge is -2.33. The van der Waals surface area contributed by atoms with Crippen LogP contribution < -0.4 is 20.0 Å². The van der Waals surface area contributed by atoms with E-state index in [1.165, 1.54) is 34.0 Å². The lowest BCUT2D eigenvalue weighted by Crippen LogP contribution is -2.44. The minimum Gasteiger partial charge on any atom is -0.478 e. The molecule has 90 heavy (non-hydrogen) atoms. The van der Waals surface area contributed by atoms with Crippen LogP contribution in [0.1, 0.15) is 166 Å². The van der Waals surface area contributed by atoms with E-state index in [-0.39, 0.29) is 35.5 Å². The number of alkyl halides is 2. The topological polar surface area (TPSA) is 241 Å². The molecule has 0 radical (unpaired) electrons. The van der Waals surface area contributed by atoms with Crippen LogP contribution in [0.4, 0.5) is 21.9 Å². The Morgan fingerprint density at radius 2 is 0.978 bits per heavy atom. The molecule has 2 fully saturated rings. The van der Waals surface area contributed by atoms with Gasteiger partial charge in [-0.05, 0) is 165 Å². The number of nitrogens with zero attached hydrogens (tertiary/aromatic N) is 7. The zero-order valence-corrected chi connectivity index (χ0v) is 56.9. The Labute approximate surface area is 550 Å². The van der Waals surface area contributed by atoms with Crippen LogP contribution in [0.3, 0.4) is 0 Å². The van der Waals surface area contributed by atoms with Crippen LogP contribution in [0.5, 0.6) is 0 Å². The van der Waals surface area contributed by atoms with E-state index in [1.807, 2.05) is 120 Å². The quantitative estimate of drug-likeness (QED) is 0.0410. The third-order valence-electron chi connectivity index (χ3n) is 16.2. The third kappa shape index (κ3) is 18.2. The van der Waals surface area contributed by atoms with Gasteiger partial charge in [-0.1, -0.05) is 0 Å². The number of esters is 2. The number of carbonyl (C=O) groups excluding carboxylic acids is 3. The minimum atomic E-state index is -0.965. The number of carbonyl (C=O) groups is 4. The average molecular weight is 1330 g/mol. The number of amides is 1. The molecular weight excluding hydrogens is 1250 g/mol. The summed E-state index contributed by atoms with van der Waals surface area (Å²) in [5, 5.41) is 46.0. The highest BCUT2D eigenvalue weighted by atomic mass is 35.5. The Kier molecular flexibility index (Phi) is 24.9. The molecule has 3 aliphatic carbocycles. The Balaban J connectivity index is 0.000000175. The Hall–Kier alpha value is -5.95. The van der Waals surface area contributed by atoms with Gasteiger partial charge >= 0.3 is 24.0 Å². The summed E-state index contributed by atoms with van der Waals surface area (Å²) in [4.78, 5) is 74.8. The average Bonchev–Trinajstić information content (AvgIpc) is 1.66. The molecule has 2 aliphatic heterocycles. The summed E-state index contributed by atoms with van der Waals surface area (Å²) < 4.78 is 17.0. The Morgan fingerprint density at radius 1 is 0.589 bits per heavy atom. The summed E-state index contributed by atoms with van der Waals surface area (Å²) >= 11 is 13.9. The molecule has 5 N–H and O–H groups in total. The van der Waals surface area contributed by atoms with Gasteiger partial charge in [0.05, 0.1) is 85.3 Å². The maximum atomic E-state index is 13.3. The van der Waals surface area contributed by atoms with Gasteiger partial charge in [-0.25, -0.2) is 34.1 Å². The number of piperidine rings is 2. The molecule has 5 heterocycles. The summed E-state index contributed by atoms with van der Waals surface area (Å²) in [6.45, 7) is 9.32. The molecule has 5 aliphatic rings. The van der Waals surface area contributed by atoms with E-state index in [0.29, 0.717) is 47.3 Å². The first kappa shape index (κ1) is 69.9. The van der Waals surface area contributed by atoms with E-state index >= 15 is 0 Å². The van der Waals surface area contributed by atoms with Crippen molar-refractivity contribution in [2.45, 2.75) is 128 Å². The molecule has 11 rings (SSSR count). The van der Waals surface area contributed by atoms with Crippen LogP contribution in [0, 0.1) is 11.8 Å². The summed E-state index contributed by atoms with van der Waals surface area (Å²) in [6, 6.07) is 16.9. The monoisotopic (exact) mass is 1330 g/mol. The van der Waals surface area contributed by atoms with Gasteiger partial charge in [-0.2, -0.15) is 0 Å². The fourth-order valence-corrected chi connectivity index (χ4v) is 14.9. The molecule has 0 saturated carbocycles. The van der Waals surface area contributed by atoms with Crippen molar-refractivity contribution >= 4 is 98.3 Å². The summed E-state index contributed by atoms with van der Waals surface area (Å²) in [7, 11) is 11.5. The van der Waals surface area contributed by atoms with E-state index in [9.17, 15) is 39.6 Å². The summed E-state index contributed by atoms with van der Waals surface area (Å²) in [5.74, 6) is -1.25. The number of hydrogen-bond acceptors (Lipinski definition) is 20. The highest BCUT2D eigenvalue weighted by Gasteiger charge is 2.32. The fourth-order valence-electron chi connectivity index (χ4n) is 11.3. The van der Waals surface area contributed by atoms with Gasteiger partial charge in [0.2, 0.25) is 0 Å². The number of aromatic carboxylic acids is 1. The standard InChI is InChI=1S/C27H37N3O5S.C22H29N3O3S.C16H18N2O3S.CH2Cl2/c1-27(2,3)35-26(33)30-13-7-8-17(15-30)16-34-25(32)20-14-18(29(4)5)11-12-19(20)24-28-21-9-6-10-22(31)23(21)36-24;1-25(2)15-8-9-16(21-24-18-6-3-7-19(26)20(18)29-21)17(11-15)22(27)28-13-14-5-4-10-23-12-14;1-18(2)9-6-7-10(11(8-9)16(20)21)15-17-12-4-3-5-13(19)14(12)22-15;2-1-3/h11-12,14,17,22,31H,6-10,13,15-16H2,1-5H3;8-9,11,14,19,23,26H,3-7,10,12-13H2,1-2H3;6-8,13,19H,3-5H2,1-2H3,(H,20,21);1H2. The number of rotatable bonds is 13. The van der Waals surface area contributed by atoms with Crippen LogP contribution in [0.25, 0.3) is 31.7 Å². The van der Waals surface area contributed by atoms with Crippen molar-refractivity contribution in [2.24, 2.45) is 11.8 Å². The zero-order valence-electron chi connectivity index (χ0n) is 53.0. The highest BCUT2D eigenvalue weighted by Crippen LogP contribution is 2.43. The second-order valence-electron chi connectivity index (χ2n) is 24.8. The number of carboxylic acid groups (broad SMARTS) is 1. The van der Waals surface area contributed by atoms with Crippen molar-refractivity contribution in [3.05, 3.63) is 103 Å². The second kappa shape index (κ2) is 32.1. The zero-order chi connectivity index (χ0) is 65.0. The summed E-state index contributed by atoms with van der Waals surface area (Å²) in [6.07, 6.45) is 9.82.